The van der Waals surface area contributed by atoms with Gasteiger partial charge in [-0.15, -0.1) is 0 Å². The lowest BCUT2D eigenvalue weighted by molar-refractivity contribution is 0.614. The van der Waals surface area contributed by atoms with Gasteiger partial charge in [0.15, 0.2) is 5.82 Å². The van der Waals surface area contributed by atoms with Gasteiger partial charge in [-0.1, -0.05) is 12.1 Å². The summed E-state index contributed by atoms with van der Waals surface area (Å²) in [6.07, 6.45) is 3.29. The van der Waals surface area contributed by atoms with Crippen molar-refractivity contribution in [2.24, 2.45) is 0 Å². The first kappa shape index (κ1) is 11.1. The van der Waals surface area contributed by atoms with Crippen molar-refractivity contribution in [2.75, 3.05) is 11.9 Å². The summed E-state index contributed by atoms with van der Waals surface area (Å²) in [7, 11) is 0. The number of nitrogens with one attached hydrogen (secondary N) is 2. The molecule has 0 radical (unpaired) electrons. The topological polar surface area (TPSA) is 49.8 Å². The minimum Gasteiger partial charge on any atom is -0.324 e. The fourth-order valence-corrected chi connectivity index (χ4v) is 2.15. The van der Waals surface area contributed by atoms with E-state index in [1.54, 1.807) is 0 Å². The maximum Gasteiger partial charge on any atom is 0.227 e. The van der Waals surface area contributed by atoms with E-state index in [0.717, 1.165) is 37.6 Å². The Kier molecular flexibility index (Phi) is 2.90. The maximum absolute atomic E-state index is 12.7. The van der Waals surface area contributed by atoms with E-state index < -0.39 is 5.82 Å². The molecular weight excluding hydrogens is 231 g/mol. The van der Waals surface area contributed by atoms with Gasteiger partial charge in [-0.3, -0.25) is 0 Å². The predicted molar refractivity (Wildman–Crippen MR) is 67.1 cm³/mol. The third kappa shape index (κ3) is 2.17. The second-order valence-electron chi connectivity index (χ2n) is 4.22. The first-order valence-electron chi connectivity index (χ1n) is 5.89. The van der Waals surface area contributed by atoms with Crippen LogP contribution >= 0.6 is 0 Å². The van der Waals surface area contributed by atoms with E-state index in [-0.39, 0.29) is 0 Å². The Balaban J connectivity index is 1.90. The lowest BCUT2D eigenvalue weighted by Gasteiger charge is -2.20. The minimum absolute atomic E-state index is 0.420. The number of aromatic nitrogens is 2. The van der Waals surface area contributed by atoms with E-state index in [4.69, 9.17) is 0 Å². The SMILES string of the molecule is Fc1cnc(Nc2cccc3c2CCNC3)nc1. The van der Waals surface area contributed by atoms with Crippen molar-refractivity contribution in [2.45, 2.75) is 13.0 Å². The number of nitrogens with zero attached hydrogens (tertiary/aromatic N) is 2. The van der Waals surface area contributed by atoms with Crippen molar-refractivity contribution < 1.29 is 4.39 Å². The van der Waals surface area contributed by atoms with Crippen LogP contribution in [0.5, 0.6) is 0 Å². The third-order valence-corrected chi connectivity index (χ3v) is 3.01. The van der Waals surface area contributed by atoms with Crippen LogP contribution in [0.15, 0.2) is 30.6 Å². The molecule has 5 heteroatoms. The summed E-state index contributed by atoms with van der Waals surface area (Å²) in [5.74, 6) is -0.0110. The lowest BCUT2D eigenvalue weighted by Crippen LogP contribution is -2.24. The predicted octanol–water partition coefficient (Wildman–Crippen LogP) is 2.00. The van der Waals surface area contributed by atoms with Gasteiger partial charge in [0.2, 0.25) is 5.95 Å². The second-order valence-corrected chi connectivity index (χ2v) is 4.22. The van der Waals surface area contributed by atoms with Gasteiger partial charge < -0.3 is 10.6 Å². The molecule has 1 aromatic carbocycles. The van der Waals surface area contributed by atoms with Gasteiger partial charge in [0.25, 0.3) is 0 Å². The number of halogens is 1. The zero-order valence-corrected chi connectivity index (χ0v) is 9.78. The van der Waals surface area contributed by atoms with Gasteiger partial charge in [-0.2, -0.15) is 0 Å². The highest BCUT2D eigenvalue weighted by atomic mass is 19.1. The molecule has 0 amide bonds. The molecule has 0 saturated carbocycles. The van der Waals surface area contributed by atoms with Crippen LogP contribution in [0.25, 0.3) is 0 Å². The molecule has 0 aliphatic carbocycles. The highest BCUT2D eigenvalue weighted by Crippen LogP contribution is 2.24. The first-order valence-corrected chi connectivity index (χ1v) is 5.89. The largest absolute Gasteiger partial charge is 0.324 e. The molecule has 0 bridgehead atoms. The quantitative estimate of drug-likeness (QED) is 0.848. The summed E-state index contributed by atoms with van der Waals surface area (Å²) in [5, 5.41) is 6.47. The molecule has 1 aliphatic heterocycles. The van der Waals surface area contributed by atoms with Crippen LogP contribution in [0.3, 0.4) is 0 Å². The molecule has 0 fully saturated rings. The maximum atomic E-state index is 12.7. The van der Waals surface area contributed by atoms with Gasteiger partial charge in [0.05, 0.1) is 12.4 Å². The van der Waals surface area contributed by atoms with Gasteiger partial charge >= 0.3 is 0 Å². The van der Waals surface area contributed by atoms with Crippen molar-refractivity contribution in [3.05, 3.63) is 47.5 Å². The molecule has 0 saturated heterocycles. The van der Waals surface area contributed by atoms with Crippen molar-refractivity contribution in [3.8, 4) is 0 Å². The molecule has 4 nitrogen and oxygen atoms in total. The zero-order valence-electron chi connectivity index (χ0n) is 9.78. The normalized spacial score (nSPS) is 14.1. The molecule has 2 heterocycles. The molecule has 1 aromatic heterocycles. The number of fused-ring (bicyclic) bond motifs is 1. The van der Waals surface area contributed by atoms with Crippen molar-refractivity contribution in [3.63, 3.8) is 0 Å². The third-order valence-electron chi connectivity index (χ3n) is 3.01. The number of anilines is 2. The highest BCUT2D eigenvalue weighted by Gasteiger charge is 2.12. The Labute approximate surface area is 104 Å². The van der Waals surface area contributed by atoms with Crippen molar-refractivity contribution in [1.82, 2.24) is 15.3 Å². The summed E-state index contributed by atoms with van der Waals surface area (Å²) in [6.45, 7) is 1.85. The van der Waals surface area contributed by atoms with Gasteiger partial charge in [-0.25, -0.2) is 14.4 Å². The monoisotopic (exact) mass is 244 g/mol. The molecule has 92 valence electrons. The van der Waals surface area contributed by atoms with Crippen LogP contribution < -0.4 is 10.6 Å². The van der Waals surface area contributed by atoms with Crippen molar-refractivity contribution >= 4 is 11.6 Å². The van der Waals surface area contributed by atoms with Gasteiger partial charge in [-0.05, 0) is 30.2 Å². The van der Waals surface area contributed by atoms with Crippen molar-refractivity contribution in [1.29, 1.82) is 0 Å². The van der Waals surface area contributed by atoms with Crippen LogP contribution in [0, 0.1) is 5.82 Å². The molecular formula is C13H13FN4. The van der Waals surface area contributed by atoms with E-state index in [2.05, 4.69) is 26.7 Å². The Morgan fingerprint density at radius 3 is 2.89 bits per heavy atom. The number of benzene rings is 1. The summed E-state index contributed by atoms with van der Waals surface area (Å²) in [6, 6.07) is 6.10. The number of rotatable bonds is 2. The standard InChI is InChI=1S/C13H13FN4/c14-10-7-16-13(17-8-10)18-12-3-1-2-9-6-15-5-4-11(9)12/h1-3,7-8,15H,4-6H2,(H,16,17,18). The molecule has 2 N–H and O–H groups in total. The Bertz CT molecular complexity index is 553. The molecule has 3 rings (SSSR count). The average Bonchev–Trinajstić information content (AvgIpc) is 2.42. The fourth-order valence-electron chi connectivity index (χ4n) is 2.15. The fraction of sp³-hybridized carbons (Fsp3) is 0.231. The average molecular weight is 244 g/mol. The first-order chi connectivity index (χ1) is 8.83. The van der Waals surface area contributed by atoms with Gasteiger partial charge in [0.1, 0.15) is 0 Å². The van der Waals surface area contributed by atoms with E-state index in [0.29, 0.717) is 5.95 Å². The summed E-state index contributed by atoms with van der Waals surface area (Å²) in [5.41, 5.74) is 3.57. The summed E-state index contributed by atoms with van der Waals surface area (Å²) in [4.78, 5) is 7.82. The van der Waals surface area contributed by atoms with Gasteiger partial charge in [0, 0.05) is 12.2 Å². The van der Waals surface area contributed by atoms with E-state index in [9.17, 15) is 4.39 Å². The summed E-state index contributed by atoms with van der Waals surface area (Å²) < 4.78 is 12.7. The van der Waals surface area contributed by atoms with Crippen LogP contribution in [-0.4, -0.2) is 16.5 Å². The minimum atomic E-state index is -0.431. The number of hydrogen-bond acceptors (Lipinski definition) is 4. The second kappa shape index (κ2) is 4.70. The lowest BCUT2D eigenvalue weighted by atomic mass is 9.99. The zero-order chi connectivity index (χ0) is 12.4. The molecule has 1 aliphatic rings. The van der Waals surface area contributed by atoms with E-state index >= 15 is 0 Å². The molecule has 0 unspecified atom stereocenters. The van der Waals surface area contributed by atoms with E-state index in [1.165, 1.54) is 11.1 Å². The highest BCUT2D eigenvalue weighted by molar-refractivity contribution is 5.61. The molecule has 0 spiro atoms. The van der Waals surface area contributed by atoms with Crippen LogP contribution in [0.4, 0.5) is 16.0 Å². The molecule has 2 aromatic rings. The molecule has 0 atom stereocenters. The Morgan fingerprint density at radius 1 is 1.22 bits per heavy atom. The van der Waals surface area contributed by atoms with Crippen LogP contribution in [-0.2, 0) is 13.0 Å². The Hall–Kier alpha value is -2.01. The smallest absolute Gasteiger partial charge is 0.227 e. The molecule has 18 heavy (non-hydrogen) atoms. The Morgan fingerprint density at radius 2 is 2.06 bits per heavy atom. The number of hydrogen-bond donors (Lipinski definition) is 2. The summed E-state index contributed by atoms with van der Waals surface area (Å²) >= 11 is 0. The van der Waals surface area contributed by atoms with Crippen LogP contribution in [0.1, 0.15) is 11.1 Å². The van der Waals surface area contributed by atoms with E-state index in [1.807, 2.05) is 12.1 Å². The van der Waals surface area contributed by atoms with Crippen LogP contribution in [0.2, 0.25) is 0 Å².